The van der Waals surface area contributed by atoms with Gasteiger partial charge < -0.3 is 14.8 Å². The zero-order valence-electron chi connectivity index (χ0n) is 15.2. The minimum absolute atomic E-state index is 0.289. The number of thiazole rings is 1. The molecule has 2 aromatic carbocycles. The van der Waals surface area contributed by atoms with Crippen molar-refractivity contribution in [3.05, 3.63) is 64.9 Å². The summed E-state index contributed by atoms with van der Waals surface area (Å²) in [6.07, 6.45) is 0. The van der Waals surface area contributed by atoms with Crippen LogP contribution in [0.15, 0.2) is 48.5 Å². The van der Waals surface area contributed by atoms with Gasteiger partial charge in [-0.05, 0) is 49.4 Å². The third-order valence-corrected chi connectivity index (χ3v) is 4.95. The van der Waals surface area contributed by atoms with E-state index in [1.807, 2.05) is 12.1 Å². The number of esters is 1. The van der Waals surface area contributed by atoms with E-state index in [-0.39, 0.29) is 5.69 Å². The van der Waals surface area contributed by atoms with Crippen molar-refractivity contribution in [3.63, 3.8) is 0 Å². The van der Waals surface area contributed by atoms with E-state index in [0.717, 1.165) is 11.3 Å². The molecule has 0 bridgehead atoms. The molecule has 0 spiro atoms. The highest BCUT2D eigenvalue weighted by Gasteiger charge is 2.19. The first-order valence-electron chi connectivity index (χ1n) is 8.30. The summed E-state index contributed by atoms with van der Waals surface area (Å²) in [5.74, 6) is -0.942. The average molecular weight is 400 g/mol. The minimum Gasteiger partial charge on any atom is -0.497 e. The number of nitrogens with zero attached hydrogens (tertiary/aromatic N) is 1. The molecule has 28 heavy (non-hydrogen) atoms. The van der Waals surface area contributed by atoms with Crippen molar-refractivity contribution < 1.29 is 23.5 Å². The number of hydrogen-bond acceptors (Lipinski definition) is 6. The van der Waals surface area contributed by atoms with Gasteiger partial charge in [-0.3, -0.25) is 4.79 Å². The Labute approximate surface area is 164 Å². The van der Waals surface area contributed by atoms with E-state index in [1.54, 1.807) is 26.2 Å². The van der Waals surface area contributed by atoms with Crippen LogP contribution < -0.4 is 10.1 Å². The molecule has 0 aliphatic heterocycles. The van der Waals surface area contributed by atoms with Crippen LogP contribution in [-0.2, 0) is 9.53 Å². The van der Waals surface area contributed by atoms with Gasteiger partial charge in [-0.25, -0.2) is 14.2 Å². The van der Waals surface area contributed by atoms with Gasteiger partial charge in [-0.2, -0.15) is 0 Å². The van der Waals surface area contributed by atoms with Crippen LogP contribution in [0.2, 0.25) is 0 Å². The Balaban J connectivity index is 1.62. The van der Waals surface area contributed by atoms with Crippen LogP contribution in [0.25, 0.3) is 10.6 Å². The summed E-state index contributed by atoms with van der Waals surface area (Å²) in [4.78, 5) is 28.9. The molecule has 144 valence electrons. The van der Waals surface area contributed by atoms with E-state index in [4.69, 9.17) is 9.47 Å². The van der Waals surface area contributed by atoms with Gasteiger partial charge in [-0.1, -0.05) is 6.07 Å². The van der Waals surface area contributed by atoms with Crippen LogP contribution >= 0.6 is 11.3 Å². The van der Waals surface area contributed by atoms with Gasteiger partial charge >= 0.3 is 5.97 Å². The summed E-state index contributed by atoms with van der Waals surface area (Å²) < 4.78 is 23.3. The maximum Gasteiger partial charge on any atom is 0.350 e. The van der Waals surface area contributed by atoms with Gasteiger partial charge in [-0.15, -0.1) is 11.3 Å². The van der Waals surface area contributed by atoms with E-state index in [9.17, 15) is 14.0 Å². The Bertz CT molecular complexity index is 1000. The van der Waals surface area contributed by atoms with Crippen LogP contribution in [0.5, 0.6) is 5.75 Å². The molecule has 1 aromatic heterocycles. The molecule has 1 heterocycles. The molecule has 3 aromatic rings. The first-order chi connectivity index (χ1) is 13.5. The fourth-order valence-electron chi connectivity index (χ4n) is 2.40. The quantitative estimate of drug-likeness (QED) is 0.632. The minimum atomic E-state index is -0.635. The second-order valence-electron chi connectivity index (χ2n) is 5.80. The maximum absolute atomic E-state index is 13.1. The molecule has 0 aliphatic carbocycles. The fraction of sp³-hybridized carbons (Fsp3) is 0.150. The monoisotopic (exact) mass is 400 g/mol. The molecule has 0 aliphatic rings. The summed E-state index contributed by atoms with van der Waals surface area (Å²) in [6.45, 7) is 1.22. The number of carbonyl (C=O) groups is 2. The Morgan fingerprint density at radius 3 is 2.61 bits per heavy atom. The fourth-order valence-corrected chi connectivity index (χ4v) is 3.37. The number of anilines is 1. The van der Waals surface area contributed by atoms with E-state index in [2.05, 4.69) is 10.3 Å². The number of aromatic nitrogens is 1. The van der Waals surface area contributed by atoms with Crippen molar-refractivity contribution in [1.29, 1.82) is 0 Å². The summed E-state index contributed by atoms with van der Waals surface area (Å²) >= 11 is 1.18. The second-order valence-corrected chi connectivity index (χ2v) is 6.80. The van der Waals surface area contributed by atoms with Crippen molar-refractivity contribution in [2.75, 3.05) is 19.0 Å². The molecule has 0 saturated carbocycles. The summed E-state index contributed by atoms with van der Waals surface area (Å²) in [5, 5.41) is 3.13. The number of ether oxygens (including phenoxy) is 2. The van der Waals surface area contributed by atoms with Crippen LogP contribution in [0.4, 0.5) is 10.1 Å². The van der Waals surface area contributed by atoms with Crippen LogP contribution in [0.3, 0.4) is 0 Å². The largest absolute Gasteiger partial charge is 0.497 e. The molecule has 0 unspecified atom stereocenters. The number of amides is 1. The number of carbonyl (C=O) groups excluding carboxylic acids is 2. The molecule has 6 nitrogen and oxygen atoms in total. The molecular formula is C20H17FN2O4S. The predicted molar refractivity (Wildman–Crippen MR) is 104 cm³/mol. The lowest BCUT2D eigenvalue weighted by molar-refractivity contribution is -0.119. The highest BCUT2D eigenvalue weighted by atomic mass is 32.1. The van der Waals surface area contributed by atoms with Gasteiger partial charge in [0.05, 0.1) is 12.8 Å². The molecule has 8 heteroatoms. The lowest BCUT2D eigenvalue weighted by Gasteiger charge is -2.06. The number of aryl methyl sites for hydroxylation is 1. The maximum atomic E-state index is 13.1. The number of hydrogen-bond donors (Lipinski definition) is 1. The van der Waals surface area contributed by atoms with E-state index >= 15 is 0 Å². The van der Waals surface area contributed by atoms with Gasteiger partial charge in [0, 0.05) is 11.3 Å². The predicted octanol–water partition coefficient (Wildman–Crippen LogP) is 4.06. The molecule has 1 amide bonds. The zero-order valence-corrected chi connectivity index (χ0v) is 16.0. The smallest absolute Gasteiger partial charge is 0.350 e. The molecular weight excluding hydrogens is 383 g/mol. The van der Waals surface area contributed by atoms with Crippen molar-refractivity contribution in [1.82, 2.24) is 4.98 Å². The molecule has 0 saturated heterocycles. The normalized spacial score (nSPS) is 10.4. The molecule has 3 rings (SSSR count). The van der Waals surface area contributed by atoms with Gasteiger partial charge in [0.25, 0.3) is 5.91 Å². The first-order valence-corrected chi connectivity index (χ1v) is 9.12. The third-order valence-electron chi connectivity index (χ3n) is 3.76. The average Bonchev–Trinajstić information content (AvgIpc) is 3.08. The van der Waals surface area contributed by atoms with Crippen molar-refractivity contribution in [2.45, 2.75) is 6.92 Å². The third kappa shape index (κ3) is 4.72. The number of halogens is 1. The first kappa shape index (κ1) is 19.5. The van der Waals surface area contributed by atoms with E-state index < -0.39 is 24.3 Å². The highest BCUT2D eigenvalue weighted by Crippen LogP contribution is 2.29. The lowest BCUT2D eigenvalue weighted by atomic mass is 10.2. The van der Waals surface area contributed by atoms with Crippen molar-refractivity contribution in [3.8, 4) is 16.3 Å². The Hall–Kier alpha value is -3.26. The Kier molecular flexibility index (Phi) is 6.00. The van der Waals surface area contributed by atoms with Gasteiger partial charge in [0.2, 0.25) is 0 Å². The standard InChI is InChI=1S/C20H17FN2O4S/c1-12-18(28-19(22-12)13-6-8-16(26-2)9-7-13)20(25)27-11-17(24)23-15-5-3-4-14(21)10-15/h3-10H,11H2,1-2H3,(H,23,24). The Morgan fingerprint density at radius 2 is 1.93 bits per heavy atom. The lowest BCUT2D eigenvalue weighted by Crippen LogP contribution is -2.20. The molecule has 0 atom stereocenters. The SMILES string of the molecule is COc1ccc(-c2nc(C)c(C(=O)OCC(=O)Nc3cccc(F)c3)s2)cc1. The van der Waals surface area contributed by atoms with Crippen molar-refractivity contribution in [2.24, 2.45) is 0 Å². The van der Waals surface area contributed by atoms with E-state index in [1.165, 1.54) is 35.6 Å². The summed E-state index contributed by atoms with van der Waals surface area (Å²) in [6, 6.07) is 12.8. The number of nitrogens with one attached hydrogen (secondary N) is 1. The number of rotatable bonds is 6. The van der Waals surface area contributed by atoms with Crippen LogP contribution in [0, 0.1) is 12.7 Å². The van der Waals surface area contributed by atoms with Crippen LogP contribution in [-0.4, -0.2) is 30.6 Å². The Morgan fingerprint density at radius 1 is 1.18 bits per heavy atom. The second kappa shape index (κ2) is 8.62. The number of benzene rings is 2. The topological polar surface area (TPSA) is 77.5 Å². The van der Waals surface area contributed by atoms with E-state index in [0.29, 0.717) is 15.6 Å². The number of methoxy groups -OCH3 is 1. The molecule has 0 fully saturated rings. The molecule has 1 N–H and O–H groups in total. The zero-order chi connectivity index (χ0) is 20.1. The van der Waals surface area contributed by atoms with Gasteiger partial charge in [0.1, 0.15) is 21.5 Å². The van der Waals surface area contributed by atoms with Crippen LogP contribution in [0.1, 0.15) is 15.4 Å². The van der Waals surface area contributed by atoms with Crippen molar-refractivity contribution >= 4 is 28.9 Å². The highest BCUT2D eigenvalue weighted by molar-refractivity contribution is 7.17. The molecule has 0 radical (unpaired) electrons. The van der Waals surface area contributed by atoms with Gasteiger partial charge in [0.15, 0.2) is 6.61 Å². The summed E-state index contributed by atoms with van der Waals surface area (Å²) in [7, 11) is 1.58. The summed E-state index contributed by atoms with van der Waals surface area (Å²) in [5.41, 5.74) is 1.65.